The molecule has 0 saturated heterocycles. The maximum Gasteiger partial charge on any atom is 0.187 e. The summed E-state index contributed by atoms with van der Waals surface area (Å²) in [6.45, 7) is 2.71. The van der Waals surface area contributed by atoms with Crippen LogP contribution in [0.25, 0.3) is 11.4 Å². The second-order valence-electron chi connectivity index (χ2n) is 8.91. The molecule has 0 aliphatic heterocycles. The minimum Gasteiger partial charge on any atom is -0.383 e. The average Bonchev–Trinajstić information content (AvgIpc) is 3.01. The van der Waals surface area contributed by atoms with Gasteiger partial charge in [0, 0.05) is 60.9 Å². The zero-order valence-corrected chi connectivity index (χ0v) is 21.8. The Morgan fingerprint density at radius 1 is 0.436 bits per heavy atom. The van der Waals surface area contributed by atoms with Crippen LogP contribution in [0.5, 0.6) is 0 Å². The Labute approximate surface area is 230 Å². The SMILES string of the molecule is O=C(/C=C(/NCCNCCN/C(=C/C(=O)c1ccccc1)c1ccccc1)c1ccccc1)c1ccccc1. The van der Waals surface area contributed by atoms with Crippen LogP contribution >= 0.6 is 0 Å². The van der Waals surface area contributed by atoms with E-state index in [0.29, 0.717) is 37.3 Å². The Morgan fingerprint density at radius 3 is 1.08 bits per heavy atom. The average molecular weight is 516 g/mol. The first-order valence-corrected chi connectivity index (χ1v) is 13.1. The number of ketones is 2. The highest BCUT2D eigenvalue weighted by Crippen LogP contribution is 2.14. The third-order valence-electron chi connectivity index (χ3n) is 6.07. The number of allylic oxidation sites excluding steroid dienone is 2. The zero-order chi connectivity index (χ0) is 27.1. The summed E-state index contributed by atoms with van der Waals surface area (Å²) in [5.41, 5.74) is 4.82. The van der Waals surface area contributed by atoms with E-state index >= 15 is 0 Å². The third kappa shape index (κ3) is 8.66. The molecule has 4 aromatic rings. The Hall–Kier alpha value is -4.74. The number of nitrogens with one attached hydrogen (secondary N) is 3. The minimum atomic E-state index is -0.0376. The fourth-order valence-corrected chi connectivity index (χ4v) is 4.04. The van der Waals surface area contributed by atoms with Gasteiger partial charge in [0.15, 0.2) is 11.6 Å². The van der Waals surface area contributed by atoms with E-state index in [1.165, 1.54) is 0 Å². The number of hydrogen-bond acceptors (Lipinski definition) is 5. The quantitative estimate of drug-likeness (QED) is 0.116. The molecule has 0 aliphatic carbocycles. The van der Waals surface area contributed by atoms with Crippen LogP contribution in [0, 0.1) is 0 Å². The van der Waals surface area contributed by atoms with Gasteiger partial charge in [-0.2, -0.15) is 0 Å². The molecule has 0 saturated carbocycles. The fraction of sp³-hybridized carbons (Fsp3) is 0.118. The Bertz CT molecular complexity index is 1270. The molecule has 0 spiro atoms. The van der Waals surface area contributed by atoms with Crippen molar-refractivity contribution in [2.75, 3.05) is 26.2 Å². The van der Waals surface area contributed by atoms with Gasteiger partial charge in [0.1, 0.15) is 0 Å². The van der Waals surface area contributed by atoms with E-state index in [-0.39, 0.29) is 11.6 Å². The lowest BCUT2D eigenvalue weighted by atomic mass is 10.1. The van der Waals surface area contributed by atoms with Gasteiger partial charge in [-0.3, -0.25) is 9.59 Å². The van der Waals surface area contributed by atoms with Crippen molar-refractivity contribution < 1.29 is 9.59 Å². The van der Waals surface area contributed by atoms with Crippen LogP contribution in [-0.2, 0) is 0 Å². The number of rotatable bonds is 14. The number of carbonyl (C=O) groups is 2. The van der Waals surface area contributed by atoms with Gasteiger partial charge in [-0.25, -0.2) is 0 Å². The summed E-state index contributed by atoms with van der Waals surface area (Å²) < 4.78 is 0. The topological polar surface area (TPSA) is 70.2 Å². The Morgan fingerprint density at radius 2 is 0.744 bits per heavy atom. The normalized spacial score (nSPS) is 11.6. The molecular weight excluding hydrogens is 482 g/mol. The molecule has 39 heavy (non-hydrogen) atoms. The summed E-state index contributed by atoms with van der Waals surface area (Å²) in [4.78, 5) is 25.6. The van der Waals surface area contributed by atoms with Crippen molar-refractivity contribution in [3.8, 4) is 0 Å². The Balaban J connectivity index is 1.30. The second kappa shape index (κ2) is 14.9. The van der Waals surface area contributed by atoms with Gasteiger partial charge in [0.2, 0.25) is 0 Å². The van der Waals surface area contributed by atoms with E-state index in [4.69, 9.17) is 0 Å². The van der Waals surface area contributed by atoms with Crippen molar-refractivity contribution in [3.05, 3.63) is 156 Å². The molecule has 0 radical (unpaired) electrons. The van der Waals surface area contributed by atoms with Crippen LogP contribution in [0.1, 0.15) is 31.8 Å². The van der Waals surface area contributed by atoms with Crippen LogP contribution < -0.4 is 16.0 Å². The second-order valence-corrected chi connectivity index (χ2v) is 8.91. The van der Waals surface area contributed by atoms with Gasteiger partial charge in [0.25, 0.3) is 0 Å². The largest absolute Gasteiger partial charge is 0.383 e. The van der Waals surface area contributed by atoms with Crippen LogP contribution in [0.3, 0.4) is 0 Å². The van der Waals surface area contributed by atoms with Crippen molar-refractivity contribution in [3.63, 3.8) is 0 Å². The van der Waals surface area contributed by atoms with Gasteiger partial charge >= 0.3 is 0 Å². The molecule has 196 valence electrons. The van der Waals surface area contributed by atoms with E-state index in [0.717, 1.165) is 22.5 Å². The first-order valence-electron chi connectivity index (χ1n) is 13.1. The van der Waals surface area contributed by atoms with Crippen LogP contribution in [0.4, 0.5) is 0 Å². The van der Waals surface area contributed by atoms with Crippen LogP contribution in [0.2, 0.25) is 0 Å². The van der Waals surface area contributed by atoms with Crippen LogP contribution in [0.15, 0.2) is 133 Å². The molecule has 5 nitrogen and oxygen atoms in total. The van der Waals surface area contributed by atoms with E-state index in [2.05, 4.69) is 16.0 Å². The van der Waals surface area contributed by atoms with Crippen molar-refractivity contribution in [2.45, 2.75) is 0 Å². The molecule has 3 N–H and O–H groups in total. The van der Waals surface area contributed by atoms with E-state index in [9.17, 15) is 9.59 Å². The van der Waals surface area contributed by atoms with E-state index in [1.54, 1.807) is 12.2 Å². The fourth-order valence-electron chi connectivity index (χ4n) is 4.04. The van der Waals surface area contributed by atoms with Gasteiger partial charge in [-0.05, 0) is 11.1 Å². The summed E-state index contributed by atoms with van der Waals surface area (Å²) in [5.74, 6) is -0.0752. The molecular formula is C34H33N3O2. The zero-order valence-electron chi connectivity index (χ0n) is 21.8. The molecule has 0 aliphatic rings. The molecule has 5 heteroatoms. The van der Waals surface area contributed by atoms with Crippen molar-refractivity contribution in [2.24, 2.45) is 0 Å². The van der Waals surface area contributed by atoms with Gasteiger partial charge in [-0.15, -0.1) is 0 Å². The summed E-state index contributed by atoms with van der Waals surface area (Å²) >= 11 is 0. The highest BCUT2D eigenvalue weighted by atomic mass is 16.1. The summed E-state index contributed by atoms with van der Waals surface area (Å²) in [7, 11) is 0. The highest BCUT2D eigenvalue weighted by Gasteiger charge is 2.08. The maximum absolute atomic E-state index is 12.8. The highest BCUT2D eigenvalue weighted by molar-refractivity contribution is 6.09. The standard InChI is InChI=1S/C34H33N3O2/c38-33(29-17-9-3-10-18-29)25-31(27-13-5-1-6-14-27)36-23-21-35-22-24-37-32(28-15-7-2-8-16-28)26-34(39)30-19-11-4-12-20-30/h1-20,25-26,35-37H,21-24H2/b31-25+,32-26+. The number of benzene rings is 4. The smallest absolute Gasteiger partial charge is 0.187 e. The molecule has 0 unspecified atom stereocenters. The predicted molar refractivity (Wildman–Crippen MR) is 159 cm³/mol. The summed E-state index contributed by atoms with van der Waals surface area (Å²) in [5, 5.41) is 10.2. The lowest BCUT2D eigenvalue weighted by Gasteiger charge is -2.14. The molecule has 0 atom stereocenters. The molecule has 0 amide bonds. The van der Waals surface area contributed by atoms with Crippen LogP contribution in [-0.4, -0.2) is 37.7 Å². The number of hydrogen-bond donors (Lipinski definition) is 3. The van der Waals surface area contributed by atoms with Gasteiger partial charge < -0.3 is 16.0 Å². The molecule has 0 heterocycles. The van der Waals surface area contributed by atoms with E-state index in [1.807, 2.05) is 121 Å². The van der Waals surface area contributed by atoms with Gasteiger partial charge in [0.05, 0.1) is 0 Å². The van der Waals surface area contributed by atoms with Crippen molar-refractivity contribution in [1.29, 1.82) is 0 Å². The lowest BCUT2D eigenvalue weighted by Crippen LogP contribution is -2.32. The third-order valence-corrected chi connectivity index (χ3v) is 6.07. The molecule has 0 aromatic heterocycles. The maximum atomic E-state index is 12.8. The first kappa shape index (κ1) is 27.3. The van der Waals surface area contributed by atoms with Gasteiger partial charge in [-0.1, -0.05) is 121 Å². The molecule has 4 rings (SSSR count). The van der Waals surface area contributed by atoms with E-state index < -0.39 is 0 Å². The summed E-state index contributed by atoms with van der Waals surface area (Å²) in [6, 6.07) is 38.3. The molecule has 0 bridgehead atoms. The van der Waals surface area contributed by atoms with Crippen molar-refractivity contribution >= 4 is 23.0 Å². The number of carbonyl (C=O) groups excluding carboxylic acids is 2. The lowest BCUT2D eigenvalue weighted by molar-refractivity contribution is 0.103. The Kier molecular flexibility index (Phi) is 10.4. The van der Waals surface area contributed by atoms with Crippen molar-refractivity contribution in [1.82, 2.24) is 16.0 Å². The monoisotopic (exact) mass is 515 g/mol. The predicted octanol–water partition coefficient (Wildman–Crippen LogP) is 5.60. The molecule has 0 fully saturated rings. The summed E-state index contributed by atoms with van der Waals surface area (Å²) in [6.07, 6.45) is 3.32. The molecule has 4 aromatic carbocycles. The first-order chi connectivity index (χ1) is 19.2. The minimum absolute atomic E-state index is 0.0376.